The van der Waals surface area contributed by atoms with E-state index in [1.54, 1.807) is 12.1 Å². The van der Waals surface area contributed by atoms with Crippen molar-refractivity contribution >= 4 is 17.6 Å². The Labute approximate surface area is 175 Å². The highest BCUT2D eigenvalue weighted by Crippen LogP contribution is 2.38. The number of hydrogen-bond donors (Lipinski definition) is 0. The SMILES string of the molecule is O=C(OCC1CN(Cc2ccccc2)CCO1)c1cc(Cl)c2c(c1)OCCCO2. The standard InChI is InChI=1S/C22H24ClNO5/c23-19-11-17(12-20-21(19)28-9-4-8-27-20)22(25)29-15-18-14-24(7-10-26-18)13-16-5-2-1-3-6-16/h1-3,5-6,11-12,18H,4,7-10,13-15H2. The highest BCUT2D eigenvalue weighted by Gasteiger charge is 2.24. The first-order valence-corrected chi connectivity index (χ1v) is 10.2. The second-order valence-corrected chi connectivity index (χ2v) is 7.55. The molecule has 0 amide bonds. The summed E-state index contributed by atoms with van der Waals surface area (Å²) in [5.74, 6) is 0.504. The van der Waals surface area contributed by atoms with E-state index in [9.17, 15) is 4.79 Å². The normalized spacial score (nSPS) is 19.4. The summed E-state index contributed by atoms with van der Waals surface area (Å²) in [4.78, 5) is 14.8. The average molecular weight is 418 g/mol. The number of ether oxygens (including phenoxy) is 4. The van der Waals surface area contributed by atoms with Crippen LogP contribution in [-0.4, -0.2) is 56.5 Å². The van der Waals surface area contributed by atoms with Gasteiger partial charge in [-0.2, -0.15) is 0 Å². The largest absolute Gasteiger partial charge is 0.489 e. The summed E-state index contributed by atoms with van der Waals surface area (Å²) in [6.07, 6.45) is 0.607. The lowest BCUT2D eigenvalue weighted by molar-refractivity contribution is -0.0612. The maximum atomic E-state index is 12.5. The zero-order valence-electron chi connectivity index (χ0n) is 16.1. The quantitative estimate of drug-likeness (QED) is 0.693. The lowest BCUT2D eigenvalue weighted by atomic mass is 10.2. The average Bonchev–Trinajstić information content (AvgIpc) is 2.99. The minimum absolute atomic E-state index is 0.160. The fourth-order valence-corrected chi connectivity index (χ4v) is 3.73. The maximum absolute atomic E-state index is 12.5. The highest BCUT2D eigenvalue weighted by atomic mass is 35.5. The molecule has 0 bridgehead atoms. The van der Waals surface area contributed by atoms with Crippen molar-refractivity contribution in [3.63, 3.8) is 0 Å². The van der Waals surface area contributed by atoms with Crippen molar-refractivity contribution in [3.05, 3.63) is 58.6 Å². The van der Waals surface area contributed by atoms with Crippen LogP contribution in [0.15, 0.2) is 42.5 Å². The second-order valence-electron chi connectivity index (χ2n) is 7.15. The van der Waals surface area contributed by atoms with Crippen LogP contribution in [0, 0.1) is 0 Å². The molecule has 7 heteroatoms. The maximum Gasteiger partial charge on any atom is 0.338 e. The molecule has 1 atom stereocenters. The Morgan fingerprint density at radius 1 is 1.14 bits per heavy atom. The first kappa shape index (κ1) is 20.0. The van der Waals surface area contributed by atoms with Crippen molar-refractivity contribution in [1.29, 1.82) is 0 Å². The Balaban J connectivity index is 1.33. The van der Waals surface area contributed by atoms with Gasteiger partial charge in [0.25, 0.3) is 0 Å². The van der Waals surface area contributed by atoms with Gasteiger partial charge in [-0.05, 0) is 17.7 Å². The minimum atomic E-state index is -0.452. The molecule has 0 spiro atoms. The van der Waals surface area contributed by atoms with E-state index < -0.39 is 5.97 Å². The van der Waals surface area contributed by atoms with E-state index in [1.807, 2.05) is 18.2 Å². The number of carbonyl (C=O) groups excluding carboxylic acids is 1. The Hall–Kier alpha value is -2.28. The predicted octanol–water partition coefficient (Wildman–Crippen LogP) is 3.56. The number of rotatable bonds is 5. The van der Waals surface area contributed by atoms with Crippen LogP contribution in [-0.2, 0) is 16.0 Å². The molecule has 1 fully saturated rings. The van der Waals surface area contributed by atoms with Crippen LogP contribution in [0.5, 0.6) is 11.5 Å². The van der Waals surface area contributed by atoms with Gasteiger partial charge in [0.2, 0.25) is 0 Å². The lowest BCUT2D eigenvalue weighted by Gasteiger charge is -2.32. The molecule has 29 heavy (non-hydrogen) atoms. The monoisotopic (exact) mass is 417 g/mol. The summed E-state index contributed by atoms with van der Waals surface area (Å²) in [5.41, 5.74) is 1.60. The van der Waals surface area contributed by atoms with E-state index in [0.717, 1.165) is 19.5 Å². The summed E-state index contributed by atoms with van der Waals surface area (Å²) in [6.45, 7) is 4.29. The van der Waals surface area contributed by atoms with Gasteiger partial charge in [0.05, 0.1) is 30.4 Å². The topological polar surface area (TPSA) is 57.2 Å². The van der Waals surface area contributed by atoms with Gasteiger partial charge in [0.1, 0.15) is 12.7 Å². The molecule has 154 valence electrons. The molecule has 6 nitrogen and oxygen atoms in total. The molecule has 0 aromatic heterocycles. The number of carbonyl (C=O) groups is 1. The smallest absolute Gasteiger partial charge is 0.338 e. The van der Waals surface area contributed by atoms with E-state index in [2.05, 4.69) is 17.0 Å². The Morgan fingerprint density at radius 2 is 1.97 bits per heavy atom. The van der Waals surface area contributed by atoms with Gasteiger partial charge in [-0.15, -0.1) is 0 Å². The zero-order chi connectivity index (χ0) is 20.1. The molecule has 2 heterocycles. The van der Waals surface area contributed by atoms with Gasteiger partial charge < -0.3 is 18.9 Å². The molecule has 1 unspecified atom stereocenters. The van der Waals surface area contributed by atoms with Crippen LogP contribution in [0.4, 0.5) is 0 Å². The van der Waals surface area contributed by atoms with E-state index >= 15 is 0 Å². The van der Waals surface area contributed by atoms with E-state index in [-0.39, 0.29) is 12.7 Å². The summed E-state index contributed by atoms with van der Waals surface area (Å²) in [6, 6.07) is 13.5. The fourth-order valence-electron chi connectivity index (χ4n) is 3.47. The van der Waals surface area contributed by atoms with Crippen molar-refractivity contribution in [1.82, 2.24) is 4.90 Å². The van der Waals surface area contributed by atoms with Crippen LogP contribution in [0.1, 0.15) is 22.3 Å². The molecule has 1 saturated heterocycles. The van der Waals surface area contributed by atoms with Crippen LogP contribution in [0.3, 0.4) is 0 Å². The first-order chi connectivity index (χ1) is 14.2. The van der Waals surface area contributed by atoms with Crippen molar-refractivity contribution in [2.75, 3.05) is 39.5 Å². The molecule has 0 saturated carbocycles. The summed E-state index contributed by atoms with van der Waals surface area (Å²) in [7, 11) is 0. The van der Waals surface area contributed by atoms with Crippen LogP contribution in [0.25, 0.3) is 0 Å². The molecule has 2 aliphatic heterocycles. The number of morpholine rings is 1. The van der Waals surface area contributed by atoms with Crippen molar-refractivity contribution in [2.45, 2.75) is 19.1 Å². The van der Waals surface area contributed by atoms with Gasteiger partial charge in [-0.1, -0.05) is 41.9 Å². The summed E-state index contributed by atoms with van der Waals surface area (Å²) >= 11 is 6.26. The Kier molecular flexibility index (Phi) is 6.54. The molecule has 2 aromatic carbocycles. The summed E-state index contributed by atoms with van der Waals surface area (Å²) in [5, 5.41) is 0.347. The van der Waals surface area contributed by atoms with Crippen molar-refractivity contribution in [3.8, 4) is 11.5 Å². The number of halogens is 1. The van der Waals surface area contributed by atoms with Crippen molar-refractivity contribution in [2.24, 2.45) is 0 Å². The van der Waals surface area contributed by atoms with Crippen LogP contribution >= 0.6 is 11.6 Å². The van der Waals surface area contributed by atoms with E-state index in [0.29, 0.717) is 48.5 Å². The number of fused-ring (bicyclic) bond motifs is 1. The predicted molar refractivity (Wildman–Crippen MR) is 109 cm³/mol. The number of esters is 1. The van der Waals surface area contributed by atoms with Gasteiger partial charge in [0, 0.05) is 26.1 Å². The number of benzene rings is 2. The van der Waals surface area contributed by atoms with E-state index in [4.69, 9.17) is 30.5 Å². The third-order valence-corrected chi connectivity index (χ3v) is 5.19. The third kappa shape index (κ3) is 5.21. The molecular weight excluding hydrogens is 394 g/mol. The Morgan fingerprint density at radius 3 is 2.83 bits per heavy atom. The fraction of sp³-hybridized carbons (Fsp3) is 0.409. The number of hydrogen-bond acceptors (Lipinski definition) is 6. The first-order valence-electron chi connectivity index (χ1n) is 9.83. The lowest BCUT2D eigenvalue weighted by Crippen LogP contribution is -2.44. The number of nitrogens with zero attached hydrogens (tertiary/aromatic N) is 1. The van der Waals surface area contributed by atoms with Crippen LogP contribution in [0.2, 0.25) is 5.02 Å². The molecule has 0 radical (unpaired) electrons. The van der Waals surface area contributed by atoms with Gasteiger partial charge >= 0.3 is 5.97 Å². The molecule has 2 aliphatic rings. The zero-order valence-corrected chi connectivity index (χ0v) is 16.9. The Bertz CT molecular complexity index is 845. The molecule has 2 aromatic rings. The van der Waals surface area contributed by atoms with Crippen LogP contribution < -0.4 is 9.47 Å². The summed E-state index contributed by atoms with van der Waals surface area (Å²) < 4.78 is 22.5. The van der Waals surface area contributed by atoms with E-state index in [1.165, 1.54) is 5.56 Å². The van der Waals surface area contributed by atoms with Crippen molar-refractivity contribution < 1.29 is 23.7 Å². The second kappa shape index (κ2) is 9.48. The van der Waals surface area contributed by atoms with Gasteiger partial charge in [0.15, 0.2) is 11.5 Å². The molecule has 0 N–H and O–H groups in total. The third-order valence-electron chi connectivity index (χ3n) is 4.91. The highest BCUT2D eigenvalue weighted by molar-refractivity contribution is 6.32. The van der Waals surface area contributed by atoms with Gasteiger partial charge in [-0.25, -0.2) is 4.79 Å². The minimum Gasteiger partial charge on any atom is -0.489 e. The molecule has 0 aliphatic carbocycles. The van der Waals surface area contributed by atoms with Gasteiger partial charge in [-0.3, -0.25) is 4.90 Å². The molecular formula is C22H24ClNO5. The molecule has 4 rings (SSSR count).